The van der Waals surface area contributed by atoms with Crippen LogP contribution in [0.4, 0.5) is 0 Å². The van der Waals surface area contributed by atoms with Gasteiger partial charge >= 0.3 is 0 Å². The molecule has 1 aliphatic rings. The lowest BCUT2D eigenvalue weighted by atomic mass is 10.1. The summed E-state index contributed by atoms with van der Waals surface area (Å²) in [6, 6.07) is 3.80. The third kappa shape index (κ3) is 2.98. The molecule has 1 aromatic rings. The van der Waals surface area contributed by atoms with Gasteiger partial charge in [-0.2, -0.15) is 4.31 Å². The molecule has 1 saturated heterocycles. The van der Waals surface area contributed by atoms with E-state index in [1.807, 2.05) is 13.0 Å². The van der Waals surface area contributed by atoms with Gasteiger partial charge in [-0.05, 0) is 44.7 Å². The van der Waals surface area contributed by atoms with Gasteiger partial charge in [0.1, 0.15) is 4.21 Å². The fourth-order valence-corrected chi connectivity index (χ4v) is 5.85. The number of halogens is 1. The molecule has 0 aromatic carbocycles. The van der Waals surface area contributed by atoms with Gasteiger partial charge in [0.15, 0.2) is 0 Å². The fraction of sp³-hybridized carbons (Fsp3) is 0.667. The van der Waals surface area contributed by atoms with Crippen molar-refractivity contribution < 1.29 is 8.42 Å². The zero-order valence-electron chi connectivity index (χ0n) is 10.4. The van der Waals surface area contributed by atoms with Crippen molar-refractivity contribution in [1.82, 2.24) is 4.31 Å². The molecule has 1 aliphatic heterocycles. The van der Waals surface area contributed by atoms with Crippen LogP contribution in [0.15, 0.2) is 16.3 Å². The second-order valence-corrected chi connectivity index (χ2v) is 8.81. The van der Waals surface area contributed by atoms with Gasteiger partial charge in [0.25, 0.3) is 10.0 Å². The molecule has 2 rings (SSSR count). The highest BCUT2D eigenvalue weighted by molar-refractivity contribution is 9.09. The number of nitrogens with zero attached hydrogens (tertiary/aromatic N) is 1. The predicted molar refractivity (Wildman–Crippen MR) is 79.0 cm³/mol. The number of rotatable bonds is 5. The van der Waals surface area contributed by atoms with Crippen molar-refractivity contribution in [2.75, 3.05) is 11.9 Å². The molecule has 18 heavy (non-hydrogen) atoms. The maximum absolute atomic E-state index is 12.5. The molecule has 2 heterocycles. The third-order valence-electron chi connectivity index (χ3n) is 3.27. The Morgan fingerprint density at radius 1 is 1.50 bits per heavy atom. The quantitative estimate of drug-likeness (QED) is 0.762. The minimum Gasteiger partial charge on any atom is -0.206 e. The summed E-state index contributed by atoms with van der Waals surface area (Å²) in [6.45, 7) is 2.61. The van der Waals surface area contributed by atoms with E-state index in [9.17, 15) is 8.42 Å². The van der Waals surface area contributed by atoms with Crippen LogP contribution in [0.1, 0.15) is 30.6 Å². The molecule has 0 radical (unpaired) electrons. The number of aryl methyl sites for hydroxylation is 1. The summed E-state index contributed by atoms with van der Waals surface area (Å²) in [5.74, 6) is 0. The predicted octanol–water partition coefficient (Wildman–Crippen LogP) is 3.38. The minimum absolute atomic E-state index is 0.190. The molecular weight excluding hydrogens is 334 g/mol. The van der Waals surface area contributed by atoms with Gasteiger partial charge in [-0.15, -0.1) is 11.3 Å². The van der Waals surface area contributed by atoms with Crippen molar-refractivity contribution in [3.05, 3.63) is 17.0 Å². The van der Waals surface area contributed by atoms with Crippen molar-refractivity contribution in [3.8, 4) is 0 Å². The van der Waals surface area contributed by atoms with Crippen LogP contribution in [-0.4, -0.2) is 30.6 Å². The summed E-state index contributed by atoms with van der Waals surface area (Å²) in [5, 5.41) is 0.940. The Bertz CT molecular complexity index is 498. The van der Waals surface area contributed by atoms with Crippen molar-refractivity contribution in [2.45, 2.75) is 42.9 Å². The van der Waals surface area contributed by atoms with Crippen molar-refractivity contribution in [1.29, 1.82) is 0 Å². The minimum atomic E-state index is -3.26. The molecule has 6 heteroatoms. The van der Waals surface area contributed by atoms with E-state index in [2.05, 4.69) is 15.9 Å². The summed E-state index contributed by atoms with van der Waals surface area (Å²) in [6.07, 6.45) is 3.96. The molecule has 1 aromatic heterocycles. The normalized spacial score (nSPS) is 21.6. The summed E-state index contributed by atoms with van der Waals surface area (Å²) in [7, 11) is -3.26. The number of thiophene rings is 1. The number of hydrogen-bond acceptors (Lipinski definition) is 3. The zero-order valence-corrected chi connectivity index (χ0v) is 13.7. The Labute approximate surface area is 121 Å². The van der Waals surface area contributed by atoms with E-state index < -0.39 is 10.0 Å². The molecule has 1 unspecified atom stereocenters. The van der Waals surface area contributed by atoms with Gasteiger partial charge in [0.2, 0.25) is 0 Å². The zero-order chi connectivity index (χ0) is 13.2. The molecule has 0 bridgehead atoms. The first-order valence-electron chi connectivity index (χ1n) is 6.20. The Balaban J connectivity index is 2.18. The SMILES string of the molecule is Cc1ccc(S(=O)(=O)N2CCCC2CCCBr)s1. The van der Waals surface area contributed by atoms with E-state index >= 15 is 0 Å². The molecule has 0 saturated carbocycles. The van der Waals surface area contributed by atoms with Gasteiger partial charge in [-0.25, -0.2) is 8.42 Å². The largest absolute Gasteiger partial charge is 0.252 e. The van der Waals surface area contributed by atoms with Gasteiger partial charge in [0.05, 0.1) is 0 Å². The monoisotopic (exact) mass is 351 g/mol. The van der Waals surface area contributed by atoms with Crippen LogP contribution in [0.5, 0.6) is 0 Å². The van der Waals surface area contributed by atoms with Crippen LogP contribution in [-0.2, 0) is 10.0 Å². The van der Waals surface area contributed by atoms with E-state index in [1.165, 1.54) is 11.3 Å². The first-order chi connectivity index (χ1) is 8.55. The van der Waals surface area contributed by atoms with Crippen molar-refractivity contribution >= 4 is 37.3 Å². The molecular formula is C12H18BrNO2S2. The van der Waals surface area contributed by atoms with Crippen LogP contribution < -0.4 is 0 Å². The topological polar surface area (TPSA) is 37.4 Å². The Morgan fingerprint density at radius 3 is 2.89 bits per heavy atom. The Kier molecular flexibility index (Phi) is 4.86. The molecule has 0 N–H and O–H groups in total. The first kappa shape index (κ1) is 14.5. The lowest BCUT2D eigenvalue weighted by Crippen LogP contribution is -2.35. The van der Waals surface area contributed by atoms with Crippen molar-refractivity contribution in [2.24, 2.45) is 0 Å². The maximum Gasteiger partial charge on any atom is 0.252 e. The van der Waals surface area contributed by atoms with Gasteiger partial charge in [-0.3, -0.25) is 0 Å². The Morgan fingerprint density at radius 2 is 2.28 bits per heavy atom. The second-order valence-electron chi connectivity index (χ2n) is 4.61. The van der Waals surface area contributed by atoms with Crippen LogP contribution >= 0.6 is 27.3 Å². The van der Waals surface area contributed by atoms with E-state index in [4.69, 9.17) is 0 Å². The molecule has 102 valence electrons. The van der Waals surface area contributed by atoms with Gasteiger partial charge in [0, 0.05) is 22.8 Å². The summed E-state index contributed by atoms with van der Waals surface area (Å²) < 4.78 is 27.3. The van der Waals surface area contributed by atoms with E-state index in [0.29, 0.717) is 10.8 Å². The smallest absolute Gasteiger partial charge is 0.206 e. The van der Waals surface area contributed by atoms with Crippen LogP contribution in [0.2, 0.25) is 0 Å². The van der Waals surface area contributed by atoms with Gasteiger partial charge < -0.3 is 0 Å². The van der Waals surface area contributed by atoms with Gasteiger partial charge in [-0.1, -0.05) is 15.9 Å². The average Bonchev–Trinajstić information content (AvgIpc) is 2.95. The number of alkyl halides is 1. The lowest BCUT2D eigenvalue weighted by Gasteiger charge is -2.23. The molecule has 0 spiro atoms. The van der Waals surface area contributed by atoms with Crippen LogP contribution in [0.25, 0.3) is 0 Å². The van der Waals surface area contributed by atoms with Crippen LogP contribution in [0.3, 0.4) is 0 Å². The summed E-state index contributed by atoms with van der Waals surface area (Å²) >= 11 is 4.78. The third-order valence-corrected chi connectivity index (χ3v) is 7.25. The van der Waals surface area contributed by atoms with Crippen LogP contribution in [0, 0.1) is 6.92 Å². The first-order valence-corrected chi connectivity index (χ1v) is 9.58. The van der Waals surface area contributed by atoms with E-state index in [0.717, 1.165) is 35.9 Å². The average molecular weight is 352 g/mol. The lowest BCUT2D eigenvalue weighted by molar-refractivity contribution is 0.370. The van der Waals surface area contributed by atoms with E-state index in [-0.39, 0.29) is 6.04 Å². The van der Waals surface area contributed by atoms with Crippen molar-refractivity contribution in [3.63, 3.8) is 0 Å². The number of sulfonamides is 1. The molecule has 0 amide bonds. The molecule has 0 aliphatic carbocycles. The maximum atomic E-state index is 12.5. The number of hydrogen-bond donors (Lipinski definition) is 0. The highest BCUT2D eigenvalue weighted by atomic mass is 79.9. The molecule has 1 atom stereocenters. The molecule has 1 fully saturated rings. The summed E-state index contributed by atoms with van der Waals surface area (Å²) in [4.78, 5) is 1.05. The standard InChI is InChI=1S/C12H18BrNO2S2/c1-10-6-7-12(17-10)18(15,16)14-9-3-5-11(14)4-2-8-13/h6-7,11H,2-5,8-9H2,1H3. The fourth-order valence-electron chi connectivity index (χ4n) is 2.39. The second kappa shape index (κ2) is 6.03. The highest BCUT2D eigenvalue weighted by Crippen LogP contribution is 2.31. The summed E-state index contributed by atoms with van der Waals surface area (Å²) in [5.41, 5.74) is 0. The van der Waals surface area contributed by atoms with E-state index in [1.54, 1.807) is 10.4 Å². The Hall–Kier alpha value is 0.0900. The highest BCUT2D eigenvalue weighted by Gasteiger charge is 2.35. The molecule has 3 nitrogen and oxygen atoms in total.